The van der Waals surface area contributed by atoms with E-state index < -0.39 is 17.7 Å². The van der Waals surface area contributed by atoms with Gasteiger partial charge in [0, 0.05) is 12.1 Å². The first-order chi connectivity index (χ1) is 13.9. The number of ketones is 1. The highest BCUT2D eigenvalue weighted by atomic mass is 35.5. The molecule has 152 valence electrons. The van der Waals surface area contributed by atoms with Crippen molar-refractivity contribution in [3.8, 4) is 11.5 Å². The zero-order valence-corrected chi connectivity index (χ0v) is 16.9. The molecule has 2 N–H and O–H groups in total. The fourth-order valence-corrected chi connectivity index (χ4v) is 3.64. The first kappa shape index (κ1) is 20.7. The summed E-state index contributed by atoms with van der Waals surface area (Å²) in [5, 5.41) is 21.3. The second-order valence-electron chi connectivity index (χ2n) is 6.67. The van der Waals surface area contributed by atoms with Crippen LogP contribution >= 0.6 is 11.6 Å². The zero-order valence-electron chi connectivity index (χ0n) is 16.2. The summed E-state index contributed by atoms with van der Waals surface area (Å²) >= 11 is 6.12. The Bertz CT molecular complexity index is 985. The van der Waals surface area contributed by atoms with Crippen LogP contribution < -0.4 is 4.74 Å². The van der Waals surface area contributed by atoms with E-state index in [9.17, 15) is 19.8 Å². The number of aliphatic hydroxyl groups is 1. The SMILES string of the molecule is CCCN1C(=O)C(=O)/C(=C(\O)c2ccc(Cl)c(OCC)c2)C1c1cccc(O)c1. The van der Waals surface area contributed by atoms with E-state index in [2.05, 4.69) is 0 Å². The third-order valence-corrected chi connectivity index (χ3v) is 5.01. The summed E-state index contributed by atoms with van der Waals surface area (Å²) in [6.45, 7) is 4.42. The van der Waals surface area contributed by atoms with Gasteiger partial charge < -0.3 is 19.8 Å². The summed E-state index contributed by atoms with van der Waals surface area (Å²) in [5.74, 6) is -1.38. The summed E-state index contributed by atoms with van der Waals surface area (Å²) in [7, 11) is 0. The molecule has 1 atom stereocenters. The summed E-state index contributed by atoms with van der Waals surface area (Å²) in [4.78, 5) is 26.9. The summed E-state index contributed by atoms with van der Waals surface area (Å²) < 4.78 is 5.46. The number of hydrogen-bond acceptors (Lipinski definition) is 5. The molecule has 3 rings (SSSR count). The number of benzene rings is 2. The summed E-state index contributed by atoms with van der Waals surface area (Å²) in [5.41, 5.74) is 0.828. The average molecular weight is 416 g/mol. The Morgan fingerprint density at radius 3 is 2.59 bits per heavy atom. The van der Waals surface area contributed by atoms with E-state index in [0.29, 0.717) is 41.5 Å². The smallest absolute Gasteiger partial charge is 0.295 e. The molecule has 1 aliphatic rings. The number of carbonyl (C=O) groups is 2. The molecule has 1 saturated heterocycles. The predicted molar refractivity (Wildman–Crippen MR) is 110 cm³/mol. The highest BCUT2D eigenvalue weighted by Crippen LogP contribution is 2.41. The van der Waals surface area contributed by atoms with Crippen LogP contribution in [0.2, 0.25) is 5.02 Å². The van der Waals surface area contributed by atoms with Gasteiger partial charge in [-0.2, -0.15) is 0 Å². The minimum Gasteiger partial charge on any atom is -0.508 e. The maximum absolute atomic E-state index is 12.8. The maximum atomic E-state index is 12.8. The minimum atomic E-state index is -0.798. The van der Waals surface area contributed by atoms with Gasteiger partial charge in [-0.15, -0.1) is 0 Å². The number of amides is 1. The third kappa shape index (κ3) is 3.93. The lowest BCUT2D eigenvalue weighted by Crippen LogP contribution is -2.30. The van der Waals surface area contributed by atoms with Gasteiger partial charge in [-0.3, -0.25) is 9.59 Å². The van der Waals surface area contributed by atoms with Gasteiger partial charge >= 0.3 is 0 Å². The molecule has 7 heteroatoms. The number of carbonyl (C=O) groups excluding carboxylic acids is 2. The fraction of sp³-hybridized carbons (Fsp3) is 0.273. The normalized spacial score (nSPS) is 18.3. The van der Waals surface area contributed by atoms with Gasteiger partial charge in [0.15, 0.2) is 0 Å². The first-order valence-corrected chi connectivity index (χ1v) is 9.76. The van der Waals surface area contributed by atoms with Crippen molar-refractivity contribution in [2.45, 2.75) is 26.3 Å². The number of aliphatic hydroxyl groups excluding tert-OH is 1. The predicted octanol–water partition coefficient (Wildman–Crippen LogP) is 4.28. The summed E-state index contributed by atoms with van der Waals surface area (Å²) in [6.07, 6.45) is 0.637. The van der Waals surface area contributed by atoms with Crippen molar-refractivity contribution in [2.24, 2.45) is 0 Å². The lowest BCUT2D eigenvalue weighted by molar-refractivity contribution is -0.139. The molecule has 0 aromatic heterocycles. The van der Waals surface area contributed by atoms with Crippen molar-refractivity contribution in [1.29, 1.82) is 0 Å². The largest absolute Gasteiger partial charge is 0.508 e. The van der Waals surface area contributed by atoms with Crippen molar-refractivity contribution >= 4 is 29.1 Å². The highest BCUT2D eigenvalue weighted by Gasteiger charge is 2.45. The van der Waals surface area contributed by atoms with Gasteiger partial charge in [-0.25, -0.2) is 0 Å². The van der Waals surface area contributed by atoms with Crippen LogP contribution in [0.25, 0.3) is 5.76 Å². The second kappa shape index (κ2) is 8.57. The van der Waals surface area contributed by atoms with E-state index in [0.717, 1.165) is 0 Å². The van der Waals surface area contributed by atoms with Crippen LogP contribution in [-0.2, 0) is 9.59 Å². The lowest BCUT2D eigenvalue weighted by atomic mass is 9.95. The molecule has 0 saturated carbocycles. The van der Waals surface area contributed by atoms with Crippen LogP contribution in [0.15, 0.2) is 48.0 Å². The van der Waals surface area contributed by atoms with E-state index >= 15 is 0 Å². The Kier molecular flexibility index (Phi) is 6.13. The molecule has 1 amide bonds. The molecule has 0 aliphatic carbocycles. The Morgan fingerprint density at radius 2 is 1.93 bits per heavy atom. The number of aromatic hydroxyl groups is 1. The van der Waals surface area contributed by atoms with Crippen LogP contribution in [0.5, 0.6) is 11.5 Å². The number of rotatable bonds is 6. The molecule has 0 spiro atoms. The standard InChI is InChI=1S/C22H22ClNO5/c1-3-10-24-19(13-6-5-7-15(25)11-13)18(21(27)22(24)28)20(26)14-8-9-16(23)17(12-14)29-4-2/h5-9,11-12,19,25-26H,3-4,10H2,1-2H3/b20-18-. The van der Waals surface area contributed by atoms with Gasteiger partial charge in [-0.1, -0.05) is 30.7 Å². The minimum absolute atomic E-state index is 0.00899. The number of nitrogens with zero attached hydrogens (tertiary/aromatic N) is 1. The average Bonchev–Trinajstić information content (AvgIpc) is 2.94. The van der Waals surface area contributed by atoms with E-state index in [1.807, 2.05) is 6.92 Å². The Labute approximate surface area is 174 Å². The number of halogens is 1. The van der Waals surface area contributed by atoms with Crippen LogP contribution in [0.3, 0.4) is 0 Å². The monoisotopic (exact) mass is 415 g/mol. The molecule has 1 heterocycles. The number of likely N-dealkylation sites (tertiary alicyclic amines) is 1. The number of hydrogen-bond donors (Lipinski definition) is 2. The Morgan fingerprint density at radius 1 is 1.17 bits per heavy atom. The van der Waals surface area contributed by atoms with Gasteiger partial charge in [0.25, 0.3) is 11.7 Å². The molecule has 29 heavy (non-hydrogen) atoms. The van der Waals surface area contributed by atoms with Crippen molar-refractivity contribution in [1.82, 2.24) is 4.90 Å². The molecule has 1 aliphatic heterocycles. The van der Waals surface area contributed by atoms with Gasteiger partial charge in [-0.05, 0) is 49.2 Å². The highest BCUT2D eigenvalue weighted by molar-refractivity contribution is 6.46. The molecule has 1 unspecified atom stereocenters. The molecular weight excluding hydrogens is 394 g/mol. The molecule has 0 bridgehead atoms. The topological polar surface area (TPSA) is 87.1 Å². The lowest BCUT2D eigenvalue weighted by Gasteiger charge is -2.25. The van der Waals surface area contributed by atoms with E-state index in [4.69, 9.17) is 16.3 Å². The number of phenolic OH excluding ortho intramolecular Hbond substituents is 1. The van der Waals surface area contributed by atoms with Crippen LogP contribution in [-0.4, -0.2) is 40.0 Å². The van der Waals surface area contributed by atoms with Crippen LogP contribution in [0, 0.1) is 0 Å². The number of Topliss-reactive ketones (excluding diaryl/α,β-unsaturated/α-hetero) is 1. The van der Waals surface area contributed by atoms with Crippen molar-refractivity contribution in [3.63, 3.8) is 0 Å². The molecular formula is C22H22ClNO5. The molecule has 2 aromatic rings. The van der Waals surface area contributed by atoms with Gasteiger partial charge in [0.05, 0.1) is 23.2 Å². The number of ether oxygens (including phenoxy) is 1. The second-order valence-corrected chi connectivity index (χ2v) is 7.07. The van der Waals surface area contributed by atoms with Crippen molar-refractivity contribution in [3.05, 3.63) is 64.2 Å². The van der Waals surface area contributed by atoms with Crippen LogP contribution in [0.4, 0.5) is 0 Å². The van der Waals surface area contributed by atoms with E-state index in [-0.39, 0.29) is 17.1 Å². The molecule has 0 radical (unpaired) electrons. The van der Waals surface area contributed by atoms with E-state index in [1.54, 1.807) is 31.2 Å². The zero-order chi connectivity index (χ0) is 21.1. The third-order valence-electron chi connectivity index (χ3n) is 4.69. The van der Waals surface area contributed by atoms with Crippen molar-refractivity contribution in [2.75, 3.05) is 13.2 Å². The van der Waals surface area contributed by atoms with E-state index in [1.165, 1.54) is 23.1 Å². The fourth-order valence-electron chi connectivity index (χ4n) is 3.47. The first-order valence-electron chi connectivity index (χ1n) is 9.39. The molecule has 6 nitrogen and oxygen atoms in total. The number of phenols is 1. The van der Waals surface area contributed by atoms with Gasteiger partial charge in [0.1, 0.15) is 17.3 Å². The quantitative estimate of drug-likeness (QED) is 0.418. The molecule has 2 aromatic carbocycles. The maximum Gasteiger partial charge on any atom is 0.295 e. The molecule has 1 fully saturated rings. The van der Waals surface area contributed by atoms with Crippen molar-refractivity contribution < 1.29 is 24.5 Å². The Balaban J connectivity index is 2.19. The summed E-state index contributed by atoms with van der Waals surface area (Å²) in [6, 6.07) is 10.2. The van der Waals surface area contributed by atoms with Gasteiger partial charge in [0.2, 0.25) is 0 Å². The van der Waals surface area contributed by atoms with Crippen LogP contribution in [0.1, 0.15) is 37.4 Å². The Hall–Kier alpha value is -2.99.